The zero-order chi connectivity index (χ0) is 17.9. The lowest BCUT2D eigenvalue weighted by Crippen LogP contribution is -1.73. The molecule has 0 unspecified atom stereocenters. The Bertz CT molecular complexity index is 817. The Morgan fingerprint density at radius 2 is 1.12 bits per heavy atom. The van der Waals surface area contributed by atoms with Crippen molar-refractivity contribution in [2.45, 2.75) is 0 Å². The van der Waals surface area contributed by atoms with Gasteiger partial charge in [-0.15, -0.1) is 0 Å². The smallest absolute Gasteiger partial charge is 0.0701 e. The molecule has 0 saturated heterocycles. The number of hydrogen-bond acceptors (Lipinski definition) is 3. The van der Waals surface area contributed by atoms with Gasteiger partial charge in [-0.25, -0.2) is 0 Å². The monoisotopic (exact) mass is 337 g/mol. The second-order valence-electron chi connectivity index (χ2n) is 5.44. The van der Waals surface area contributed by atoms with E-state index in [-0.39, 0.29) is 0 Å². The molecule has 126 valence electrons. The second-order valence-corrected chi connectivity index (χ2v) is 5.44. The lowest BCUT2D eigenvalue weighted by atomic mass is 10.2. The summed E-state index contributed by atoms with van der Waals surface area (Å²) in [6.07, 6.45) is 8.99. The minimum atomic E-state index is 1.06. The number of pyridine rings is 3. The standard InChI is InChI=1S/2C9H7N.C5H5N/c1-2-6-9-8(4-1)5-3-7-10-9;1-2-4-9-7-10-6-5-8(9)3-1;1-2-4-6-5-3-1/h2*1-7H;1-5H. The van der Waals surface area contributed by atoms with Crippen molar-refractivity contribution in [3.8, 4) is 0 Å². The average molecular weight is 337 g/mol. The molecule has 2 aromatic carbocycles. The van der Waals surface area contributed by atoms with Crippen LogP contribution in [-0.2, 0) is 0 Å². The fraction of sp³-hybridized carbons (Fsp3) is 0. The summed E-state index contributed by atoms with van der Waals surface area (Å²) in [7, 11) is 0. The number of para-hydroxylation sites is 1. The van der Waals surface area contributed by atoms with Crippen molar-refractivity contribution in [1.82, 2.24) is 15.0 Å². The van der Waals surface area contributed by atoms with Crippen LogP contribution in [0.1, 0.15) is 0 Å². The quantitative estimate of drug-likeness (QED) is 0.372. The molecule has 0 atom stereocenters. The van der Waals surface area contributed by atoms with Crippen LogP contribution < -0.4 is 0 Å². The van der Waals surface area contributed by atoms with E-state index in [1.54, 1.807) is 12.4 Å². The van der Waals surface area contributed by atoms with Gasteiger partial charge in [-0.1, -0.05) is 54.6 Å². The van der Waals surface area contributed by atoms with Gasteiger partial charge in [0.1, 0.15) is 0 Å². The highest BCUT2D eigenvalue weighted by molar-refractivity contribution is 5.81. The summed E-state index contributed by atoms with van der Waals surface area (Å²) in [4.78, 5) is 12.0. The third-order valence-electron chi connectivity index (χ3n) is 3.63. The molecular weight excluding hydrogens is 318 g/mol. The molecule has 3 heteroatoms. The molecule has 5 rings (SSSR count). The summed E-state index contributed by atoms with van der Waals surface area (Å²) < 4.78 is 0. The second kappa shape index (κ2) is 9.64. The maximum absolute atomic E-state index is 4.18. The van der Waals surface area contributed by atoms with Crippen LogP contribution in [0.5, 0.6) is 0 Å². The molecule has 0 aliphatic heterocycles. The number of rotatable bonds is 0. The largest absolute Gasteiger partial charge is 0.265 e. The Labute approximate surface area is 153 Å². The van der Waals surface area contributed by atoms with Gasteiger partial charge in [0.15, 0.2) is 0 Å². The van der Waals surface area contributed by atoms with Crippen molar-refractivity contribution in [3.63, 3.8) is 0 Å². The molecule has 0 aliphatic rings. The van der Waals surface area contributed by atoms with Crippen molar-refractivity contribution in [2.24, 2.45) is 0 Å². The summed E-state index contributed by atoms with van der Waals surface area (Å²) in [5.74, 6) is 0. The molecule has 0 bridgehead atoms. The van der Waals surface area contributed by atoms with E-state index < -0.39 is 0 Å². The summed E-state index contributed by atoms with van der Waals surface area (Å²) in [6, 6.07) is 28.0. The molecule has 0 N–H and O–H groups in total. The Kier molecular flexibility index (Phi) is 6.39. The van der Waals surface area contributed by atoms with E-state index in [1.165, 1.54) is 16.2 Å². The van der Waals surface area contributed by atoms with Gasteiger partial charge < -0.3 is 0 Å². The van der Waals surface area contributed by atoms with Gasteiger partial charge >= 0.3 is 0 Å². The average Bonchev–Trinajstić information content (AvgIpc) is 2.76. The number of nitrogens with zero attached hydrogens (tertiary/aromatic N) is 3. The van der Waals surface area contributed by atoms with Crippen LogP contribution in [0.25, 0.3) is 21.7 Å². The molecule has 0 amide bonds. The van der Waals surface area contributed by atoms with E-state index in [1.807, 2.05) is 79.3 Å². The SMILES string of the molecule is c1ccc2cnccc2c1.c1ccc2ncccc2c1.c1ccncc1. The van der Waals surface area contributed by atoms with E-state index >= 15 is 0 Å². The van der Waals surface area contributed by atoms with Crippen LogP contribution in [0.2, 0.25) is 0 Å². The first kappa shape index (κ1) is 17.2. The lowest BCUT2D eigenvalue weighted by molar-refractivity contribution is 1.33. The van der Waals surface area contributed by atoms with Gasteiger partial charge in [-0.05, 0) is 41.1 Å². The molecular formula is C23H19N3. The first-order valence-electron chi connectivity index (χ1n) is 8.37. The summed E-state index contributed by atoms with van der Waals surface area (Å²) in [6.45, 7) is 0. The summed E-state index contributed by atoms with van der Waals surface area (Å²) in [5, 5.41) is 3.65. The summed E-state index contributed by atoms with van der Waals surface area (Å²) in [5.41, 5.74) is 1.06. The molecule has 0 radical (unpaired) electrons. The molecule has 3 aromatic heterocycles. The van der Waals surface area contributed by atoms with Gasteiger partial charge in [-0.3, -0.25) is 15.0 Å². The van der Waals surface area contributed by atoms with E-state index in [0.29, 0.717) is 0 Å². The van der Waals surface area contributed by atoms with E-state index in [4.69, 9.17) is 0 Å². The Morgan fingerprint density at radius 1 is 0.423 bits per heavy atom. The summed E-state index contributed by atoms with van der Waals surface area (Å²) >= 11 is 0. The highest BCUT2D eigenvalue weighted by Gasteiger charge is 1.87. The maximum Gasteiger partial charge on any atom is 0.0701 e. The molecule has 0 spiro atoms. The van der Waals surface area contributed by atoms with E-state index in [0.717, 1.165) is 5.52 Å². The molecule has 5 aromatic rings. The van der Waals surface area contributed by atoms with Crippen molar-refractivity contribution in [3.05, 3.63) is 116 Å². The first-order chi connectivity index (χ1) is 12.9. The zero-order valence-corrected chi connectivity index (χ0v) is 14.3. The van der Waals surface area contributed by atoms with Crippen LogP contribution in [-0.4, -0.2) is 15.0 Å². The minimum absolute atomic E-state index is 1.06. The minimum Gasteiger partial charge on any atom is -0.265 e. The predicted octanol–water partition coefficient (Wildman–Crippen LogP) is 5.55. The van der Waals surface area contributed by atoms with Crippen LogP contribution in [0.15, 0.2) is 116 Å². The highest BCUT2D eigenvalue weighted by atomic mass is 14.6. The molecule has 3 nitrogen and oxygen atoms in total. The molecule has 0 saturated carbocycles. The fourth-order valence-electron chi connectivity index (χ4n) is 2.36. The Morgan fingerprint density at radius 3 is 1.77 bits per heavy atom. The first-order valence-corrected chi connectivity index (χ1v) is 8.37. The number of benzene rings is 2. The number of hydrogen-bond donors (Lipinski definition) is 0. The van der Waals surface area contributed by atoms with Gasteiger partial charge in [0.25, 0.3) is 0 Å². The maximum atomic E-state index is 4.18. The van der Waals surface area contributed by atoms with Crippen LogP contribution in [0.4, 0.5) is 0 Å². The Balaban J connectivity index is 0.000000117. The van der Waals surface area contributed by atoms with Crippen molar-refractivity contribution in [2.75, 3.05) is 0 Å². The topological polar surface area (TPSA) is 38.7 Å². The molecule has 0 aliphatic carbocycles. The number of aromatic nitrogens is 3. The van der Waals surface area contributed by atoms with Crippen molar-refractivity contribution >= 4 is 21.7 Å². The van der Waals surface area contributed by atoms with Crippen LogP contribution >= 0.6 is 0 Å². The van der Waals surface area contributed by atoms with Crippen LogP contribution in [0.3, 0.4) is 0 Å². The van der Waals surface area contributed by atoms with Gasteiger partial charge in [0.05, 0.1) is 5.52 Å². The Hall–Kier alpha value is -3.59. The zero-order valence-electron chi connectivity index (χ0n) is 14.3. The fourth-order valence-corrected chi connectivity index (χ4v) is 2.36. The predicted molar refractivity (Wildman–Crippen MR) is 108 cm³/mol. The molecule has 0 fully saturated rings. The molecule has 3 heterocycles. The van der Waals surface area contributed by atoms with Crippen molar-refractivity contribution in [1.29, 1.82) is 0 Å². The van der Waals surface area contributed by atoms with Gasteiger partial charge in [-0.2, -0.15) is 0 Å². The third-order valence-corrected chi connectivity index (χ3v) is 3.63. The lowest BCUT2D eigenvalue weighted by Gasteiger charge is -1.91. The number of fused-ring (bicyclic) bond motifs is 2. The molecule has 26 heavy (non-hydrogen) atoms. The van der Waals surface area contributed by atoms with Gasteiger partial charge in [0.2, 0.25) is 0 Å². The third kappa shape index (κ3) is 5.21. The highest BCUT2D eigenvalue weighted by Crippen LogP contribution is 2.09. The van der Waals surface area contributed by atoms with E-state index in [2.05, 4.69) is 39.2 Å². The van der Waals surface area contributed by atoms with Crippen LogP contribution in [0, 0.1) is 0 Å². The normalized spacial score (nSPS) is 9.54. The van der Waals surface area contributed by atoms with Crippen molar-refractivity contribution < 1.29 is 0 Å². The van der Waals surface area contributed by atoms with E-state index in [9.17, 15) is 0 Å². The van der Waals surface area contributed by atoms with Gasteiger partial charge in [0, 0.05) is 36.4 Å².